The van der Waals surface area contributed by atoms with Crippen LogP contribution in [0.15, 0.2) is 24.3 Å². The Labute approximate surface area is 108 Å². The summed E-state index contributed by atoms with van der Waals surface area (Å²) in [4.78, 5) is 11.2. The normalized spacial score (nSPS) is 14.0. The number of aliphatic hydroxyl groups is 1. The quantitative estimate of drug-likeness (QED) is 0.756. The van der Waals surface area contributed by atoms with Crippen molar-refractivity contribution in [2.75, 3.05) is 7.11 Å². The minimum absolute atomic E-state index is 0.255. The summed E-state index contributed by atoms with van der Waals surface area (Å²) >= 11 is 0. The summed E-state index contributed by atoms with van der Waals surface area (Å²) in [6.07, 6.45) is 0.425. The fourth-order valence-corrected chi connectivity index (χ4v) is 1.76. The van der Waals surface area contributed by atoms with Gasteiger partial charge < -0.3 is 15.2 Å². The minimum Gasteiger partial charge on any atom is -0.465 e. The van der Waals surface area contributed by atoms with Gasteiger partial charge in [-0.15, -0.1) is 0 Å². The Bertz CT molecular complexity index is 373. The molecule has 18 heavy (non-hydrogen) atoms. The largest absolute Gasteiger partial charge is 0.465 e. The average molecular weight is 251 g/mol. The molecule has 0 radical (unpaired) electrons. The van der Waals surface area contributed by atoms with Crippen LogP contribution in [0.3, 0.4) is 0 Å². The predicted molar refractivity (Wildman–Crippen MR) is 70.4 cm³/mol. The number of hydrogen-bond acceptors (Lipinski definition) is 4. The van der Waals surface area contributed by atoms with Gasteiger partial charge in [0.1, 0.15) is 0 Å². The average Bonchev–Trinajstić information content (AvgIpc) is 2.35. The van der Waals surface area contributed by atoms with Gasteiger partial charge in [-0.3, -0.25) is 0 Å². The third-order valence-electron chi connectivity index (χ3n) is 2.72. The van der Waals surface area contributed by atoms with E-state index in [1.807, 2.05) is 19.1 Å². The summed E-state index contributed by atoms with van der Waals surface area (Å²) < 4.78 is 4.64. The number of benzene rings is 1. The van der Waals surface area contributed by atoms with E-state index in [4.69, 9.17) is 0 Å². The Morgan fingerprint density at radius 1 is 1.33 bits per heavy atom. The maximum absolute atomic E-state index is 11.2. The molecule has 1 aromatic rings. The second kappa shape index (κ2) is 7.13. The van der Waals surface area contributed by atoms with Crippen molar-refractivity contribution in [3.8, 4) is 0 Å². The highest BCUT2D eigenvalue weighted by Gasteiger charge is 2.07. The molecule has 0 fully saturated rings. The van der Waals surface area contributed by atoms with Crippen LogP contribution in [0.2, 0.25) is 0 Å². The Kier molecular flexibility index (Phi) is 5.82. The lowest BCUT2D eigenvalue weighted by molar-refractivity contribution is 0.0600. The molecule has 100 valence electrons. The van der Waals surface area contributed by atoms with E-state index in [2.05, 4.69) is 10.1 Å². The van der Waals surface area contributed by atoms with Gasteiger partial charge in [-0.05, 0) is 38.0 Å². The van der Waals surface area contributed by atoms with E-state index in [9.17, 15) is 9.90 Å². The zero-order valence-corrected chi connectivity index (χ0v) is 11.1. The van der Waals surface area contributed by atoms with Crippen LogP contribution in [0.4, 0.5) is 0 Å². The Hall–Kier alpha value is -1.39. The highest BCUT2D eigenvalue weighted by molar-refractivity contribution is 5.89. The van der Waals surface area contributed by atoms with Gasteiger partial charge >= 0.3 is 5.97 Å². The van der Waals surface area contributed by atoms with Crippen LogP contribution < -0.4 is 5.32 Å². The van der Waals surface area contributed by atoms with Gasteiger partial charge in [0.15, 0.2) is 0 Å². The van der Waals surface area contributed by atoms with E-state index in [1.54, 1.807) is 19.1 Å². The first-order valence-electron chi connectivity index (χ1n) is 6.11. The number of ether oxygens (including phenoxy) is 1. The molecule has 4 nitrogen and oxygen atoms in total. The summed E-state index contributed by atoms with van der Waals surface area (Å²) in [6, 6.07) is 7.55. The number of nitrogens with one attached hydrogen (secondary N) is 1. The van der Waals surface area contributed by atoms with Crippen LogP contribution in [-0.4, -0.2) is 30.3 Å². The first-order valence-corrected chi connectivity index (χ1v) is 6.11. The number of aliphatic hydroxyl groups excluding tert-OH is 1. The molecule has 0 heterocycles. The molecule has 2 unspecified atom stereocenters. The molecular weight excluding hydrogens is 230 g/mol. The van der Waals surface area contributed by atoms with Crippen molar-refractivity contribution >= 4 is 5.97 Å². The Morgan fingerprint density at radius 3 is 2.44 bits per heavy atom. The summed E-state index contributed by atoms with van der Waals surface area (Å²) in [6.45, 7) is 4.54. The number of methoxy groups -OCH3 is 1. The molecule has 0 amide bonds. The van der Waals surface area contributed by atoms with E-state index >= 15 is 0 Å². The predicted octanol–water partition coefficient (Wildman–Crippen LogP) is 1.72. The molecule has 0 spiro atoms. The van der Waals surface area contributed by atoms with E-state index in [-0.39, 0.29) is 18.1 Å². The van der Waals surface area contributed by atoms with Gasteiger partial charge in [0.05, 0.1) is 18.8 Å². The first kappa shape index (κ1) is 14.7. The van der Waals surface area contributed by atoms with E-state index in [0.717, 1.165) is 18.5 Å². The third kappa shape index (κ3) is 4.85. The number of carbonyl (C=O) groups is 1. The van der Waals surface area contributed by atoms with Crippen molar-refractivity contribution in [3.05, 3.63) is 35.4 Å². The lowest BCUT2D eigenvalue weighted by atomic mass is 10.1. The lowest BCUT2D eigenvalue weighted by Gasteiger charge is -2.15. The van der Waals surface area contributed by atoms with Crippen LogP contribution in [0.1, 0.15) is 36.2 Å². The number of esters is 1. The summed E-state index contributed by atoms with van der Waals surface area (Å²) in [5.74, 6) is -0.322. The van der Waals surface area contributed by atoms with Crippen LogP contribution >= 0.6 is 0 Å². The Morgan fingerprint density at radius 2 is 1.94 bits per heavy atom. The minimum atomic E-state index is -0.322. The van der Waals surface area contributed by atoms with Crippen LogP contribution in [0.25, 0.3) is 0 Å². The summed E-state index contributed by atoms with van der Waals surface area (Å²) in [5.41, 5.74) is 1.65. The summed E-state index contributed by atoms with van der Waals surface area (Å²) in [5, 5.41) is 12.6. The Balaban J connectivity index is 2.46. The molecule has 2 atom stereocenters. The molecule has 2 N–H and O–H groups in total. The maximum Gasteiger partial charge on any atom is 0.337 e. The molecule has 0 aliphatic heterocycles. The van der Waals surface area contributed by atoms with Crippen molar-refractivity contribution in [3.63, 3.8) is 0 Å². The molecule has 1 aromatic carbocycles. The standard InChI is InChI=1S/C14H21NO3/c1-10(8-11(2)16)15-9-12-4-6-13(7-5-12)14(17)18-3/h4-7,10-11,15-16H,8-9H2,1-3H3. The molecule has 0 aliphatic carbocycles. The lowest BCUT2D eigenvalue weighted by Crippen LogP contribution is -2.28. The van der Waals surface area contributed by atoms with E-state index in [0.29, 0.717) is 5.56 Å². The van der Waals surface area contributed by atoms with Crippen molar-refractivity contribution < 1.29 is 14.6 Å². The molecule has 0 aromatic heterocycles. The van der Waals surface area contributed by atoms with Crippen LogP contribution in [0.5, 0.6) is 0 Å². The van der Waals surface area contributed by atoms with Crippen molar-refractivity contribution in [2.45, 2.75) is 39.0 Å². The molecule has 0 saturated heterocycles. The number of rotatable bonds is 6. The second-order valence-corrected chi connectivity index (χ2v) is 4.56. The van der Waals surface area contributed by atoms with Gasteiger partial charge in [-0.2, -0.15) is 0 Å². The van der Waals surface area contributed by atoms with Gasteiger partial charge in [0.25, 0.3) is 0 Å². The number of carbonyl (C=O) groups excluding carboxylic acids is 1. The first-order chi connectivity index (χ1) is 8.52. The molecule has 1 rings (SSSR count). The zero-order chi connectivity index (χ0) is 13.5. The highest BCUT2D eigenvalue weighted by atomic mass is 16.5. The monoisotopic (exact) mass is 251 g/mol. The SMILES string of the molecule is COC(=O)c1ccc(CNC(C)CC(C)O)cc1. The van der Waals surface area contributed by atoms with Crippen molar-refractivity contribution in [2.24, 2.45) is 0 Å². The molecule has 0 bridgehead atoms. The summed E-state index contributed by atoms with van der Waals surface area (Å²) in [7, 11) is 1.37. The fraction of sp³-hybridized carbons (Fsp3) is 0.500. The smallest absolute Gasteiger partial charge is 0.337 e. The molecule has 0 saturated carbocycles. The highest BCUT2D eigenvalue weighted by Crippen LogP contribution is 2.06. The molecule has 0 aliphatic rings. The van der Waals surface area contributed by atoms with Crippen LogP contribution in [-0.2, 0) is 11.3 Å². The van der Waals surface area contributed by atoms with Gasteiger partial charge in [0, 0.05) is 12.6 Å². The topological polar surface area (TPSA) is 58.6 Å². The van der Waals surface area contributed by atoms with Crippen LogP contribution in [0, 0.1) is 0 Å². The van der Waals surface area contributed by atoms with Gasteiger partial charge in [-0.1, -0.05) is 12.1 Å². The third-order valence-corrected chi connectivity index (χ3v) is 2.72. The molecule has 4 heteroatoms. The van der Waals surface area contributed by atoms with E-state index in [1.165, 1.54) is 7.11 Å². The zero-order valence-electron chi connectivity index (χ0n) is 11.1. The van der Waals surface area contributed by atoms with Crippen molar-refractivity contribution in [1.82, 2.24) is 5.32 Å². The second-order valence-electron chi connectivity index (χ2n) is 4.56. The fourth-order valence-electron chi connectivity index (χ4n) is 1.76. The van der Waals surface area contributed by atoms with Crippen molar-refractivity contribution in [1.29, 1.82) is 0 Å². The number of hydrogen-bond donors (Lipinski definition) is 2. The van der Waals surface area contributed by atoms with Gasteiger partial charge in [-0.25, -0.2) is 4.79 Å². The van der Waals surface area contributed by atoms with Gasteiger partial charge in [0.2, 0.25) is 0 Å². The van der Waals surface area contributed by atoms with E-state index < -0.39 is 0 Å². The molecular formula is C14H21NO3. The maximum atomic E-state index is 11.2.